The molecule has 0 heterocycles. The minimum atomic E-state index is -0.0813. The van der Waals surface area contributed by atoms with Crippen LogP contribution < -0.4 is 19.6 Å². The van der Waals surface area contributed by atoms with Gasteiger partial charge in [0.2, 0.25) is 5.91 Å². The first-order valence-corrected chi connectivity index (χ1v) is 8.28. The highest BCUT2D eigenvalue weighted by atomic mass is 16.5. The number of hydrogen-bond donors (Lipinski definition) is 1. The number of amides is 1. The van der Waals surface area contributed by atoms with Crippen molar-refractivity contribution in [3.05, 3.63) is 17.7 Å². The summed E-state index contributed by atoms with van der Waals surface area (Å²) in [4.78, 5) is 11.7. The van der Waals surface area contributed by atoms with Crippen LogP contribution in [0.2, 0.25) is 0 Å². The summed E-state index contributed by atoms with van der Waals surface area (Å²) in [5, 5.41) is 4.00. The molecule has 0 radical (unpaired) electrons. The summed E-state index contributed by atoms with van der Waals surface area (Å²) in [7, 11) is 4.69. The molecule has 1 aromatic rings. The Morgan fingerprint density at radius 2 is 1.62 bits per heavy atom. The SMILES string of the molecule is CCCCCCCC(=O)N/N=C/c1cc(OC)c(OC)cc1OC. The molecule has 24 heavy (non-hydrogen) atoms. The number of hydrogen-bond acceptors (Lipinski definition) is 5. The van der Waals surface area contributed by atoms with Crippen LogP contribution in [0.15, 0.2) is 17.2 Å². The average Bonchev–Trinajstić information content (AvgIpc) is 2.60. The van der Waals surface area contributed by atoms with Crippen molar-refractivity contribution >= 4 is 12.1 Å². The van der Waals surface area contributed by atoms with Crippen LogP contribution in [0.1, 0.15) is 51.0 Å². The molecule has 0 bridgehead atoms. The van der Waals surface area contributed by atoms with E-state index in [1.807, 2.05) is 0 Å². The van der Waals surface area contributed by atoms with Gasteiger partial charge in [-0.2, -0.15) is 5.10 Å². The fraction of sp³-hybridized carbons (Fsp3) is 0.556. The zero-order valence-corrected chi connectivity index (χ0v) is 15.1. The molecule has 0 saturated heterocycles. The van der Waals surface area contributed by atoms with Gasteiger partial charge in [-0.3, -0.25) is 4.79 Å². The molecule has 0 fully saturated rings. The maximum atomic E-state index is 11.7. The second kappa shape index (κ2) is 11.3. The Balaban J connectivity index is 2.58. The van der Waals surface area contributed by atoms with E-state index in [2.05, 4.69) is 17.5 Å². The lowest BCUT2D eigenvalue weighted by Crippen LogP contribution is -2.17. The molecule has 134 valence electrons. The van der Waals surface area contributed by atoms with E-state index in [1.165, 1.54) is 25.5 Å². The summed E-state index contributed by atoms with van der Waals surface area (Å²) in [6, 6.07) is 3.47. The molecule has 1 aromatic carbocycles. The van der Waals surface area contributed by atoms with Crippen molar-refractivity contribution < 1.29 is 19.0 Å². The van der Waals surface area contributed by atoms with Crippen molar-refractivity contribution in [1.29, 1.82) is 0 Å². The number of benzene rings is 1. The summed E-state index contributed by atoms with van der Waals surface area (Å²) in [6.07, 6.45) is 7.59. The third kappa shape index (κ3) is 6.48. The summed E-state index contributed by atoms with van der Waals surface area (Å²) in [5.74, 6) is 1.65. The fourth-order valence-corrected chi connectivity index (χ4v) is 2.27. The molecule has 0 unspecified atom stereocenters. The molecule has 0 aromatic heterocycles. The monoisotopic (exact) mass is 336 g/mol. The second-order valence-electron chi connectivity index (χ2n) is 5.41. The average molecular weight is 336 g/mol. The van der Waals surface area contributed by atoms with E-state index in [-0.39, 0.29) is 5.91 Å². The molecule has 0 aliphatic carbocycles. The predicted octanol–water partition coefficient (Wildman–Crippen LogP) is 3.52. The number of nitrogens with zero attached hydrogens (tertiary/aromatic N) is 1. The standard InChI is InChI=1S/C18H28N2O4/c1-5-6-7-8-9-10-18(21)20-19-13-14-11-16(23-3)17(24-4)12-15(14)22-2/h11-13H,5-10H2,1-4H3,(H,20,21)/b19-13+. The summed E-state index contributed by atoms with van der Waals surface area (Å²) < 4.78 is 15.8. The van der Waals surface area contributed by atoms with Gasteiger partial charge in [-0.25, -0.2) is 5.43 Å². The summed E-state index contributed by atoms with van der Waals surface area (Å²) >= 11 is 0. The van der Waals surface area contributed by atoms with Gasteiger partial charge in [0.05, 0.1) is 27.5 Å². The molecule has 1 N–H and O–H groups in total. The fourth-order valence-electron chi connectivity index (χ4n) is 2.27. The molecule has 6 nitrogen and oxygen atoms in total. The molecule has 0 atom stereocenters. The smallest absolute Gasteiger partial charge is 0.240 e. The van der Waals surface area contributed by atoms with Crippen molar-refractivity contribution in [2.24, 2.45) is 5.10 Å². The third-order valence-corrected chi connectivity index (χ3v) is 3.64. The van der Waals surface area contributed by atoms with Crippen LogP contribution in [0.5, 0.6) is 17.2 Å². The quantitative estimate of drug-likeness (QED) is 0.381. The molecule has 0 saturated carbocycles. The Morgan fingerprint density at radius 1 is 1.00 bits per heavy atom. The van der Waals surface area contributed by atoms with Crippen molar-refractivity contribution in [3.8, 4) is 17.2 Å². The molecule has 0 aliphatic rings. The van der Waals surface area contributed by atoms with Gasteiger partial charge in [0.15, 0.2) is 11.5 Å². The Bertz CT molecular complexity index is 544. The number of hydrazone groups is 1. The van der Waals surface area contributed by atoms with Crippen LogP contribution in [0.4, 0.5) is 0 Å². The van der Waals surface area contributed by atoms with E-state index in [1.54, 1.807) is 33.5 Å². The van der Waals surface area contributed by atoms with Crippen LogP contribution >= 0.6 is 0 Å². The van der Waals surface area contributed by atoms with Crippen molar-refractivity contribution in [2.45, 2.75) is 45.4 Å². The number of nitrogens with one attached hydrogen (secondary N) is 1. The van der Waals surface area contributed by atoms with Crippen LogP contribution in [-0.2, 0) is 4.79 Å². The highest BCUT2D eigenvalue weighted by Crippen LogP contribution is 2.33. The van der Waals surface area contributed by atoms with Crippen molar-refractivity contribution in [3.63, 3.8) is 0 Å². The Morgan fingerprint density at radius 3 is 2.25 bits per heavy atom. The van der Waals surface area contributed by atoms with E-state index >= 15 is 0 Å². The molecular formula is C18H28N2O4. The van der Waals surface area contributed by atoms with Gasteiger partial charge in [-0.1, -0.05) is 32.6 Å². The zero-order chi connectivity index (χ0) is 17.8. The Kier molecular flexibility index (Phi) is 9.34. The van der Waals surface area contributed by atoms with Gasteiger partial charge in [0, 0.05) is 18.1 Å². The van der Waals surface area contributed by atoms with Gasteiger partial charge in [0.1, 0.15) is 5.75 Å². The minimum Gasteiger partial charge on any atom is -0.496 e. The summed E-state index contributed by atoms with van der Waals surface area (Å²) in [5.41, 5.74) is 3.24. The molecule has 0 spiro atoms. The summed E-state index contributed by atoms with van der Waals surface area (Å²) in [6.45, 7) is 2.17. The van der Waals surface area contributed by atoms with Gasteiger partial charge < -0.3 is 14.2 Å². The highest BCUT2D eigenvalue weighted by Gasteiger charge is 2.10. The van der Waals surface area contributed by atoms with Crippen LogP contribution in [0.25, 0.3) is 0 Å². The molecule has 0 aliphatic heterocycles. The maximum absolute atomic E-state index is 11.7. The Labute approximate surface area is 144 Å². The van der Waals surface area contributed by atoms with Crippen LogP contribution in [0, 0.1) is 0 Å². The number of methoxy groups -OCH3 is 3. The zero-order valence-electron chi connectivity index (χ0n) is 15.1. The van der Waals surface area contributed by atoms with Crippen LogP contribution in [-0.4, -0.2) is 33.5 Å². The molecule has 1 rings (SSSR count). The van der Waals surface area contributed by atoms with Gasteiger partial charge in [-0.05, 0) is 12.5 Å². The van der Waals surface area contributed by atoms with Crippen molar-refractivity contribution in [2.75, 3.05) is 21.3 Å². The number of rotatable bonds is 11. The molecule has 6 heteroatoms. The largest absolute Gasteiger partial charge is 0.496 e. The maximum Gasteiger partial charge on any atom is 0.240 e. The second-order valence-corrected chi connectivity index (χ2v) is 5.41. The first-order valence-electron chi connectivity index (χ1n) is 8.28. The first kappa shape index (κ1) is 19.8. The van der Waals surface area contributed by atoms with E-state index in [0.717, 1.165) is 12.8 Å². The lowest BCUT2D eigenvalue weighted by Gasteiger charge is -2.11. The van der Waals surface area contributed by atoms with Crippen molar-refractivity contribution in [1.82, 2.24) is 5.43 Å². The Hall–Kier alpha value is -2.24. The van der Waals surface area contributed by atoms with E-state index < -0.39 is 0 Å². The number of carbonyl (C=O) groups is 1. The van der Waals surface area contributed by atoms with E-state index in [9.17, 15) is 4.79 Å². The first-order chi connectivity index (χ1) is 11.7. The van der Waals surface area contributed by atoms with Gasteiger partial charge in [-0.15, -0.1) is 0 Å². The van der Waals surface area contributed by atoms with Gasteiger partial charge in [0.25, 0.3) is 0 Å². The normalized spacial score (nSPS) is 10.7. The van der Waals surface area contributed by atoms with E-state index in [0.29, 0.717) is 29.2 Å². The molecular weight excluding hydrogens is 308 g/mol. The van der Waals surface area contributed by atoms with E-state index in [4.69, 9.17) is 14.2 Å². The molecule has 1 amide bonds. The lowest BCUT2D eigenvalue weighted by atomic mass is 10.1. The van der Waals surface area contributed by atoms with Gasteiger partial charge >= 0.3 is 0 Å². The predicted molar refractivity (Wildman–Crippen MR) is 95.2 cm³/mol. The number of unbranched alkanes of at least 4 members (excludes halogenated alkanes) is 4. The minimum absolute atomic E-state index is 0.0813. The topological polar surface area (TPSA) is 69.2 Å². The number of carbonyl (C=O) groups excluding carboxylic acids is 1. The highest BCUT2D eigenvalue weighted by molar-refractivity contribution is 5.86. The third-order valence-electron chi connectivity index (χ3n) is 3.64. The number of ether oxygens (including phenoxy) is 3. The van der Waals surface area contributed by atoms with Crippen LogP contribution in [0.3, 0.4) is 0 Å². The lowest BCUT2D eigenvalue weighted by molar-refractivity contribution is -0.121.